The Hall–Kier alpha value is -1.74. The fourth-order valence-electron chi connectivity index (χ4n) is 1.72. The van der Waals surface area contributed by atoms with E-state index in [0.29, 0.717) is 0 Å². The molecule has 2 aromatic heterocycles. The minimum atomic E-state index is 1.01. The van der Waals surface area contributed by atoms with Gasteiger partial charge in [-0.3, -0.25) is 4.98 Å². The summed E-state index contributed by atoms with van der Waals surface area (Å²) >= 11 is 1.66. The minimum Gasteiger partial charge on any atom is -0.253 e. The monoisotopic (exact) mass is 226 g/mol. The van der Waals surface area contributed by atoms with E-state index in [1.54, 1.807) is 11.3 Å². The number of rotatable bonds is 1. The Labute approximate surface area is 97.6 Å². The summed E-state index contributed by atoms with van der Waals surface area (Å²) in [5.74, 6) is 0. The average Bonchev–Trinajstić information content (AvgIpc) is 2.75. The lowest BCUT2D eigenvalue weighted by molar-refractivity contribution is 1.21. The Bertz CT molecular complexity index is 643. The van der Waals surface area contributed by atoms with E-state index in [1.807, 2.05) is 30.6 Å². The molecule has 0 aliphatic carbocycles. The molecule has 0 radical (unpaired) electrons. The zero-order valence-electron chi connectivity index (χ0n) is 8.84. The molecule has 2 heterocycles. The molecule has 0 N–H and O–H groups in total. The average molecular weight is 226 g/mol. The molecule has 0 spiro atoms. The molecule has 0 aliphatic rings. The van der Waals surface area contributed by atoms with E-state index in [0.717, 1.165) is 22.5 Å². The third-order valence-electron chi connectivity index (χ3n) is 2.51. The van der Waals surface area contributed by atoms with Crippen LogP contribution in [0.15, 0.2) is 41.9 Å². The van der Waals surface area contributed by atoms with E-state index in [9.17, 15) is 0 Å². The first-order valence-corrected chi connectivity index (χ1v) is 5.98. The maximum absolute atomic E-state index is 4.51. The maximum atomic E-state index is 4.51. The Morgan fingerprint density at radius 1 is 1.12 bits per heavy atom. The van der Waals surface area contributed by atoms with Crippen molar-refractivity contribution in [3.8, 4) is 11.3 Å². The molecule has 0 saturated heterocycles. The SMILES string of the molecule is Cc1cccc(-c2ccc3scnc3c2)n1. The van der Waals surface area contributed by atoms with Gasteiger partial charge >= 0.3 is 0 Å². The van der Waals surface area contributed by atoms with Crippen LogP contribution >= 0.6 is 11.3 Å². The summed E-state index contributed by atoms with van der Waals surface area (Å²) < 4.78 is 1.22. The lowest BCUT2D eigenvalue weighted by atomic mass is 10.1. The van der Waals surface area contributed by atoms with E-state index < -0.39 is 0 Å². The molecule has 0 saturated carbocycles. The number of pyridine rings is 1. The topological polar surface area (TPSA) is 25.8 Å². The van der Waals surface area contributed by atoms with Crippen LogP contribution in [0.5, 0.6) is 0 Å². The maximum Gasteiger partial charge on any atom is 0.0818 e. The number of aromatic nitrogens is 2. The molecule has 16 heavy (non-hydrogen) atoms. The fourth-order valence-corrected chi connectivity index (χ4v) is 2.38. The van der Waals surface area contributed by atoms with Crippen LogP contribution in [0.25, 0.3) is 21.5 Å². The highest BCUT2D eigenvalue weighted by atomic mass is 32.1. The van der Waals surface area contributed by atoms with Gasteiger partial charge < -0.3 is 0 Å². The number of fused-ring (bicyclic) bond motifs is 1. The van der Waals surface area contributed by atoms with Crippen molar-refractivity contribution in [3.05, 3.63) is 47.6 Å². The molecule has 2 nitrogen and oxygen atoms in total. The van der Waals surface area contributed by atoms with Crippen LogP contribution in [0.2, 0.25) is 0 Å². The van der Waals surface area contributed by atoms with Crippen molar-refractivity contribution in [1.29, 1.82) is 0 Å². The van der Waals surface area contributed by atoms with Gasteiger partial charge in [0.05, 0.1) is 21.4 Å². The van der Waals surface area contributed by atoms with Crippen molar-refractivity contribution in [2.75, 3.05) is 0 Å². The van der Waals surface area contributed by atoms with Gasteiger partial charge in [-0.1, -0.05) is 12.1 Å². The molecule has 78 valence electrons. The quantitative estimate of drug-likeness (QED) is 0.632. The van der Waals surface area contributed by atoms with Crippen molar-refractivity contribution in [1.82, 2.24) is 9.97 Å². The van der Waals surface area contributed by atoms with Gasteiger partial charge in [0.15, 0.2) is 0 Å². The molecule has 3 aromatic rings. The first-order chi connectivity index (χ1) is 7.83. The second-order valence-corrected chi connectivity index (χ2v) is 4.59. The number of hydrogen-bond acceptors (Lipinski definition) is 3. The van der Waals surface area contributed by atoms with Crippen molar-refractivity contribution < 1.29 is 0 Å². The Balaban J connectivity index is 2.18. The largest absolute Gasteiger partial charge is 0.253 e. The van der Waals surface area contributed by atoms with Gasteiger partial charge in [-0.15, -0.1) is 11.3 Å². The smallest absolute Gasteiger partial charge is 0.0818 e. The van der Waals surface area contributed by atoms with E-state index in [4.69, 9.17) is 0 Å². The highest BCUT2D eigenvalue weighted by Crippen LogP contribution is 2.24. The van der Waals surface area contributed by atoms with E-state index in [-0.39, 0.29) is 0 Å². The molecule has 3 rings (SSSR count). The van der Waals surface area contributed by atoms with Gasteiger partial charge in [0.1, 0.15) is 0 Å². The van der Waals surface area contributed by atoms with Crippen molar-refractivity contribution in [2.45, 2.75) is 6.92 Å². The van der Waals surface area contributed by atoms with E-state index >= 15 is 0 Å². The van der Waals surface area contributed by atoms with Crippen LogP contribution in [-0.2, 0) is 0 Å². The summed E-state index contributed by atoms with van der Waals surface area (Å²) in [4.78, 5) is 8.83. The summed E-state index contributed by atoms with van der Waals surface area (Å²) in [5.41, 5.74) is 6.09. The van der Waals surface area contributed by atoms with Gasteiger partial charge in [0, 0.05) is 11.3 Å². The zero-order chi connectivity index (χ0) is 11.0. The van der Waals surface area contributed by atoms with Crippen LogP contribution in [0.3, 0.4) is 0 Å². The van der Waals surface area contributed by atoms with Gasteiger partial charge in [-0.2, -0.15) is 0 Å². The molecule has 0 amide bonds. The molecule has 3 heteroatoms. The molecular formula is C13H10N2S. The van der Waals surface area contributed by atoms with Crippen LogP contribution in [0.1, 0.15) is 5.69 Å². The summed E-state index contributed by atoms with van der Waals surface area (Å²) in [5, 5.41) is 0. The third kappa shape index (κ3) is 1.59. The summed E-state index contributed by atoms with van der Waals surface area (Å²) in [6, 6.07) is 12.4. The first-order valence-electron chi connectivity index (χ1n) is 5.10. The predicted octanol–water partition coefficient (Wildman–Crippen LogP) is 3.67. The molecular weight excluding hydrogens is 216 g/mol. The Morgan fingerprint density at radius 3 is 2.94 bits per heavy atom. The Morgan fingerprint density at radius 2 is 2.06 bits per heavy atom. The fraction of sp³-hybridized carbons (Fsp3) is 0.0769. The third-order valence-corrected chi connectivity index (χ3v) is 3.32. The number of benzene rings is 1. The molecule has 0 fully saturated rings. The lowest BCUT2D eigenvalue weighted by Gasteiger charge is -2.01. The summed E-state index contributed by atoms with van der Waals surface area (Å²) in [6.45, 7) is 2.00. The second kappa shape index (κ2) is 3.68. The van der Waals surface area contributed by atoms with E-state index in [1.165, 1.54) is 4.70 Å². The Kier molecular flexibility index (Phi) is 2.18. The van der Waals surface area contributed by atoms with Crippen molar-refractivity contribution >= 4 is 21.6 Å². The lowest BCUT2D eigenvalue weighted by Crippen LogP contribution is -1.85. The van der Waals surface area contributed by atoms with Gasteiger partial charge in [-0.25, -0.2) is 4.98 Å². The van der Waals surface area contributed by atoms with Gasteiger partial charge in [-0.05, 0) is 31.2 Å². The number of nitrogens with zero attached hydrogens (tertiary/aromatic N) is 2. The van der Waals surface area contributed by atoms with Gasteiger partial charge in [0.2, 0.25) is 0 Å². The molecule has 0 bridgehead atoms. The standard InChI is InChI=1S/C13H10N2S/c1-9-3-2-4-11(15-9)10-5-6-13-12(7-10)14-8-16-13/h2-8H,1H3. The van der Waals surface area contributed by atoms with Crippen LogP contribution < -0.4 is 0 Å². The first kappa shape index (κ1) is 9.48. The molecule has 0 aliphatic heterocycles. The van der Waals surface area contributed by atoms with Crippen LogP contribution in [0.4, 0.5) is 0 Å². The number of thiazole rings is 1. The second-order valence-electron chi connectivity index (χ2n) is 3.70. The van der Waals surface area contributed by atoms with Crippen molar-refractivity contribution in [2.24, 2.45) is 0 Å². The minimum absolute atomic E-state index is 1.01. The van der Waals surface area contributed by atoms with Crippen LogP contribution in [0, 0.1) is 6.92 Å². The number of aryl methyl sites for hydroxylation is 1. The summed E-state index contributed by atoms with van der Waals surface area (Å²) in [7, 11) is 0. The highest BCUT2D eigenvalue weighted by molar-refractivity contribution is 7.16. The van der Waals surface area contributed by atoms with Crippen LogP contribution in [-0.4, -0.2) is 9.97 Å². The molecule has 1 aromatic carbocycles. The molecule has 0 atom stereocenters. The van der Waals surface area contributed by atoms with Gasteiger partial charge in [0.25, 0.3) is 0 Å². The zero-order valence-corrected chi connectivity index (χ0v) is 9.66. The number of hydrogen-bond donors (Lipinski definition) is 0. The normalized spacial score (nSPS) is 10.8. The predicted molar refractivity (Wildman–Crippen MR) is 67.6 cm³/mol. The molecule has 0 unspecified atom stereocenters. The van der Waals surface area contributed by atoms with E-state index in [2.05, 4.69) is 28.2 Å². The highest BCUT2D eigenvalue weighted by Gasteiger charge is 2.02. The summed E-state index contributed by atoms with van der Waals surface area (Å²) in [6.07, 6.45) is 0. The van der Waals surface area contributed by atoms with Crippen molar-refractivity contribution in [3.63, 3.8) is 0 Å².